The Morgan fingerprint density at radius 1 is 1.60 bits per heavy atom. The van der Waals surface area contributed by atoms with Crippen molar-refractivity contribution in [1.29, 1.82) is 0 Å². The summed E-state index contributed by atoms with van der Waals surface area (Å²) in [5.41, 5.74) is 1.28. The number of ether oxygens (including phenoxy) is 1. The van der Waals surface area contributed by atoms with Crippen LogP contribution in [0.15, 0.2) is 12.2 Å². The summed E-state index contributed by atoms with van der Waals surface area (Å²) in [6, 6.07) is 0.608. The van der Waals surface area contributed by atoms with Crippen LogP contribution in [0.1, 0.15) is 40.0 Å². The lowest BCUT2D eigenvalue weighted by Crippen LogP contribution is -2.36. The lowest BCUT2D eigenvalue weighted by molar-refractivity contribution is 0.116. The third kappa shape index (κ3) is 4.35. The first kappa shape index (κ1) is 12.7. The first-order valence-electron chi connectivity index (χ1n) is 6.12. The fourth-order valence-corrected chi connectivity index (χ4v) is 2.30. The van der Waals surface area contributed by atoms with Crippen molar-refractivity contribution >= 4 is 0 Å². The zero-order valence-corrected chi connectivity index (χ0v) is 10.4. The molecule has 1 N–H and O–H groups in total. The molecule has 0 aromatic rings. The maximum atomic E-state index is 5.64. The molecule has 2 nitrogen and oxygen atoms in total. The van der Waals surface area contributed by atoms with Gasteiger partial charge in [-0.1, -0.05) is 12.5 Å². The van der Waals surface area contributed by atoms with E-state index in [-0.39, 0.29) is 0 Å². The van der Waals surface area contributed by atoms with Crippen molar-refractivity contribution < 1.29 is 4.74 Å². The maximum Gasteiger partial charge on any atom is 0.0551 e. The van der Waals surface area contributed by atoms with Crippen molar-refractivity contribution in [2.24, 2.45) is 5.92 Å². The normalized spacial score (nSPS) is 27.9. The second-order valence-corrected chi connectivity index (χ2v) is 4.80. The minimum atomic E-state index is 0.445. The van der Waals surface area contributed by atoms with Gasteiger partial charge in [-0.25, -0.2) is 0 Å². The van der Waals surface area contributed by atoms with Crippen LogP contribution in [0.2, 0.25) is 0 Å². The molecule has 3 atom stereocenters. The largest absolute Gasteiger partial charge is 0.378 e. The Hall–Kier alpha value is -0.340. The van der Waals surface area contributed by atoms with Gasteiger partial charge < -0.3 is 10.1 Å². The molecule has 1 saturated heterocycles. The van der Waals surface area contributed by atoms with Crippen molar-refractivity contribution in [1.82, 2.24) is 5.32 Å². The highest BCUT2D eigenvalue weighted by Crippen LogP contribution is 2.25. The Bertz CT molecular complexity index is 203. The highest BCUT2D eigenvalue weighted by molar-refractivity contribution is 4.91. The number of hydrogen-bond acceptors (Lipinski definition) is 2. The van der Waals surface area contributed by atoms with Crippen LogP contribution in [0, 0.1) is 5.92 Å². The van der Waals surface area contributed by atoms with Gasteiger partial charge in [-0.15, -0.1) is 6.58 Å². The Labute approximate surface area is 94.1 Å². The smallest absolute Gasteiger partial charge is 0.0551 e. The van der Waals surface area contributed by atoms with Gasteiger partial charge in [0.05, 0.1) is 12.7 Å². The van der Waals surface area contributed by atoms with Gasteiger partial charge in [0.25, 0.3) is 0 Å². The molecule has 0 spiro atoms. The third-order valence-electron chi connectivity index (χ3n) is 3.15. The molecule has 0 saturated carbocycles. The van der Waals surface area contributed by atoms with E-state index in [1.54, 1.807) is 0 Å². The minimum absolute atomic E-state index is 0.445. The van der Waals surface area contributed by atoms with Crippen LogP contribution in [0.25, 0.3) is 0 Å². The lowest BCUT2D eigenvalue weighted by atomic mass is 9.92. The van der Waals surface area contributed by atoms with E-state index < -0.39 is 0 Å². The van der Waals surface area contributed by atoms with E-state index in [0.29, 0.717) is 18.1 Å². The van der Waals surface area contributed by atoms with Gasteiger partial charge in [-0.3, -0.25) is 0 Å². The number of allylic oxidation sites excluding steroid dienone is 1. The van der Waals surface area contributed by atoms with Gasteiger partial charge in [-0.2, -0.15) is 0 Å². The summed E-state index contributed by atoms with van der Waals surface area (Å²) >= 11 is 0. The van der Waals surface area contributed by atoms with Gasteiger partial charge in [0.2, 0.25) is 0 Å². The third-order valence-corrected chi connectivity index (χ3v) is 3.15. The van der Waals surface area contributed by atoms with Gasteiger partial charge >= 0.3 is 0 Å². The molecule has 1 fully saturated rings. The van der Waals surface area contributed by atoms with Crippen molar-refractivity contribution in [3.63, 3.8) is 0 Å². The molecule has 1 aliphatic rings. The molecule has 1 rings (SSSR count). The first-order chi connectivity index (χ1) is 7.13. The van der Waals surface area contributed by atoms with Crippen LogP contribution in [0.3, 0.4) is 0 Å². The Balaban J connectivity index is 2.38. The molecular weight excluding hydrogens is 186 g/mol. The van der Waals surface area contributed by atoms with Crippen LogP contribution in [-0.4, -0.2) is 25.3 Å². The summed E-state index contributed by atoms with van der Waals surface area (Å²) in [5.74, 6) is 0.694. The standard InChI is InChI=1S/C13H25NO/c1-5-14-13(7-6-10(2)3)12-8-11(4)15-9-12/h11-14H,2,5-9H2,1,3-4H3. The fraction of sp³-hybridized carbons (Fsp3) is 0.846. The van der Waals surface area contributed by atoms with Gasteiger partial charge in [-0.05, 0) is 39.7 Å². The van der Waals surface area contributed by atoms with E-state index in [2.05, 4.69) is 32.7 Å². The van der Waals surface area contributed by atoms with Crippen LogP contribution in [0.4, 0.5) is 0 Å². The topological polar surface area (TPSA) is 21.3 Å². The van der Waals surface area contributed by atoms with Crippen molar-refractivity contribution in [2.45, 2.75) is 52.2 Å². The van der Waals surface area contributed by atoms with Gasteiger partial charge in [0.15, 0.2) is 0 Å². The average Bonchev–Trinajstić information content (AvgIpc) is 2.59. The first-order valence-corrected chi connectivity index (χ1v) is 6.12. The fourth-order valence-electron chi connectivity index (χ4n) is 2.30. The van der Waals surface area contributed by atoms with Crippen molar-refractivity contribution in [3.8, 4) is 0 Å². The van der Waals surface area contributed by atoms with Crippen LogP contribution >= 0.6 is 0 Å². The number of nitrogens with one attached hydrogen (secondary N) is 1. The van der Waals surface area contributed by atoms with E-state index in [4.69, 9.17) is 4.74 Å². The van der Waals surface area contributed by atoms with Gasteiger partial charge in [0.1, 0.15) is 0 Å². The molecule has 15 heavy (non-hydrogen) atoms. The molecule has 0 bridgehead atoms. The molecule has 2 heteroatoms. The molecule has 0 aromatic heterocycles. The monoisotopic (exact) mass is 211 g/mol. The zero-order valence-electron chi connectivity index (χ0n) is 10.4. The van der Waals surface area contributed by atoms with Crippen LogP contribution in [0.5, 0.6) is 0 Å². The zero-order chi connectivity index (χ0) is 11.3. The lowest BCUT2D eigenvalue weighted by Gasteiger charge is -2.23. The summed E-state index contributed by atoms with van der Waals surface area (Å²) in [6.45, 7) is 12.4. The SMILES string of the molecule is C=C(C)CCC(NCC)C1COC(C)C1. The Kier molecular flexibility index (Phi) is 5.34. The number of rotatable bonds is 6. The van der Waals surface area contributed by atoms with E-state index in [1.807, 2.05) is 0 Å². The Morgan fingerprint density at radius 3 is 2.80 bits per heavy atom. The van der Waals surface area contributed by atoms with E-state index in [1.165, 1.54) is 18.4 Å². The van der Waals surface area contributed by atoms with Crippen molar-refractivity contribution in [3.05, 3.63) is 12.2 Å². The summed E-state index contributed by atoms with van der Waals surface area (Å²) in [5, 5.41) is 3.58. The summed E-state index contributed by atoms with van der Waals surface area (Å²) < 4.78 is 5.64. The Morgan fingerprint density at radius 2 is 2.33 bits per heavy atom. The number of hydrogen-bond donors (Lipinski definition) is 1. The van der Waals surface area contributed by atoms with Crippen molar-refractivity contribution in [2.75, 3.05) is 13.2 Å². The molecule has 0 aromatic carbocycles. The van der Waals surface area contributed by atoms with Crippen LogP contribution in [-0.2, 0) is 4.74 Å². The quantitative estimate of drug-likeness (QED) is 0.682. The van der Waals surface area contributed by atoms with E-state index in [9.17, 15) is 0 Å². The average molecular weight is 211 g/mol. The van der Waals surface area contributed by atoms with E-state index >= 15 is 0 Å². The summed E-state index contributed by atoms with van der Waals surface area (Å²) in [6.07, 6.45) is 3.97. The second-order valence-electron chi connectivity index (χ2n) is 4.80. The second kappa shape index (κ2) is 6.29. The predicted molar refractivity (Wildman–Crippen MR) is 65.0 cm³/mol. The summed E-state index contributed by atoms with van der Waals surface area (Å²) in [7, 11) is 0. The molecule has 3 unspecified atom stereocenters. The maximum absolute atomic E-state index is 5.64. The highest BCUT2D eigenvalue weighted by Gasteiger charge is 2.28. The molecule has 1 aliphatic heterocycles. The molecule has 1 heterocycles. The predicted octanol–water partition coefficient (Wildman–Crippen LogP) is 2.75. The molecule has 0 radical (unpaired) electrons. The van der Waals surface area contributed by atoms with E-state index in [0.717, 1.165) is 19.6 Å². The molecular formula is C13H25NO. The molecule has 88 valence electrons. The molecule has 0 amide bonds. The molecule has 0 aliphatic carbocycles. The van der Waals surface area contributed by atoms with Crippen LogP contribution < -0.4 is 5.32 Å². The highest BCUT2D eigenvalue weighted by atomic mass is 16.5. The summed E-state index contributed by atoms with van der Waals surface area (Å²) in [4.78, 5) is 0. The minimum Gasteiger partial charge on any atom is -0.378 e. The van der Waals surface area contributed by atoms with Gasteiger partial charge in [0, 0.05) is 12.0 Å².